The minimum Gasteiger partial charge on any atom is -0.383 e. The van der Waals surface area contributed by atoms with Crippen LogP contribution in [-0.2, 0) is 4.79 Å². The van der Waals surface area contributed by atoms with Crippen LogP contribution >= 0.6 is 0 Å². The summed E-state index contributed by atoms with van der Waals surface area (Å²) in [4.78, 5) is 11.9. The van der Waals surface area contributed by atoms with Crippen LogP contribution in [0.15, 0.2) is 42.5 Å². The van der Waals surface area contributed by atoms with E-state index < -0.39 is 0 Å². The standard InChI is InChI=1S/C23H28N2O/c1-15(2)24-20-8-5-18(6-9-20)22-14-16(3)19(13-17(22)4)7-12-23(26)25-21-10-11-21/h5-9,12-15,21,24H,10-11H2,1-4H3,(H,25,26)/b12-7+. The SMILES string of the molecule is Cc1cc(-c2ccc(NC(C)C)cc2)c(C)cc1/C=C/C(=O)NC1CC1. The van der Waals surface area contributed by atoms with E-state index in [0.29, 0.717) is 12.1 Å². The Hall–Kier alpha value is -2.55. The number of carbonyl (C=O) groups is 1. The molecule has 0 aromatic heterocycles. The molecule has 0 aliphatic heterocycles. The molecular weight excluding hydrogens is 320 g/mol. The molecule has 2 aromatic carbocycles. The molecule has 0 spiro atoms. The van der Waals surface area contributed by atoms with Crippen LogP contribution in [-0.4, -0.2) is 18.0 Å². The number of benzene rings is 2. The lowest BCUT2D eigenvalue weighted by Crippen LogP contribution is -2.22. The predicted octanol–water partition coefficient (Wildman–Crippen LogP) is 5.08. The van der Waals surface area contributed by atoms with Crippen molar-refractivity contribution >= 4 is 17.7 Å². The molecule has 2 aromatic rings. The summed E-state index contributed by atoms with van der Waals surface area (Å²) in [6.45, 7) is 8.49. The molecule has 1 fully saturated rings. The first-order valence-corrected chi connectivity index (χ1v) is 9.39. The monoisotopic (exact) mass is 348 g/mol. The van der Waals surface area contributed by atoms with Gasteiger partial charge in [-0.3, -0.25) is 4.79 Å². The Morgan fingerprint density at radius 1 is 1.08 bits per heavy atom. The van der Waals surface area contributed by atoms with Crippen molar-refractivity contribution in [2.24, 2.45) is 0 Å². The van der Waals surface area contributed by atoms with Crippen molar-refractivity contribution in [1.29, 1.82) is 0 Å². The molecule has 0 heterocycles. The average molecular weight is 348 g/mol. The van der Waals surface area contributed by atoms with Crippen LogP contribution in [0.4, 0.5) is 5.69 Å². The Kier molecular flexibility index (Phi) is 5.46. The number of aryl methyl sites for hydroxylation is 2. The van der Waals surface area contributed by atoms with E-state index in [9.17, 15) is 4.79 Å². The lowest BCUT2D eigenvalue weighted by molar-refractivity contribution is -0.116. The zero-order valence-corrected chi connectivity index (χ0v) is 16.1. The second-order valence-corrected chi connectivity index (χ2v) is 7.52. The van der Waals surface area contributed by atoms with E-state index in [-0.39, 0.29) is 5.91 Å². The van der Waals surface area contributed by atoms with Crippen molar-refractivity contribution in [1.82, 2.24) is 5.32 Å². The van der Waals surface area contributed by atoms with Gasteiger partial charge in [-0.2, -0.15) is 0 Å². The van der Waals surface area contributed by atoms with E-state index in [0.717, 1.165) is 24.1 Å². The number of nitrogens with one attached hydrogen (secondary N) is 2. The molecule has 0 atom stereocenters. The van der Waals surface area contributed by atoms with Crippen molar-refractivity contribution in [2.75, 3.05) is 5.32 Å². The molecule has 0 bridgehead atoms. The van der Waals surface area contributed by atoms with Crippen LogP contribution in [0, 0.1) is 13.8 Å². The zero-order valence-electron chi connectivity index (χ0n) is 16.1. The molecule has 3 heteroatoms. The minimum absolute atomic E-state index is 0.00173. The highest BCUT2D eigenvalue weighted by Crippen LogP contribution is 2.28. The predicted molar refractivity (Wildman–Crippen MR) is 110 cm³/mol. The molecule has 2 N–H and O–H groups in total. The molecular formula is C23H28N2O. The Balaban J connectivity index is 1.77. The first-order valence-electron chi connectivity index (χ1n) is 9.39. The summed E-state index contributed by atoms with van der Waals surface area (Å²) in [6.07, 6.45) is 5.78. The van der Waals surface area contributed by atoms with Crippen molar-refractivity contribution in [3.63, 3.8) is 0 Å². The molecule has 1 saturated carbocycles. The fraction of sp³-hybridized carbons (Fsp3) is 0.348. The van der Waals surface area contributed by atoms with E-state index in [2.05, 4.69) is 74.7 Å². The normalized spacial score (nSPS) is 14.0. The van der Waals surface area contributed by atoms with Gasteiger partial charge in [-0.15, -0.1) is 0 Å². The maximum absolute atomic E-state index is 11.9. The van der Waals surface area contributed by atoms with Gasteiger partial charge in [-0.25, -0.2) is 0 Å². The van der Waals surface area contributed by atoms with Crippen LogP contribution in [0.2, 0.25) is 0 Å². The number of hydrogen-bond acceptors (Lipinski definition) is 2. The highest BCUT2D eigenvalue weighted by atomic mass is 16.1. The molecule has 1 aliphatic rings. The van der Waals surface area contributed by atoms with Gasteiger partial charge >= 0.3 is 0 Å². The lowest BCUT2D eigenvalue weighted by atomic mass is 9.94. The smallest absolute Gasteiger partial charge is 0.244 e. The number of amides is 1. The Morgan fingerprint density at radius 3 is 2.38 bits per heavy atom. The molecule has 1 aliphatic carbocycles. The van der Waals surface area contributed by atoms with Gasteiger partial charge in [0.05, 0.1) is 0 Å². The summed E-state index contributed by atoms with van der Waals surface area (Å²) < 4.78 is 0. The third-order valence-corrected chi connectivity index (χ3v) is 4.60. The van der Waals surface area contributed by atoms with Crippen molar-refractivity contribution in [3.05, 3.63) is 59.2 Å². The molecule has 26 heavy (non-hydrogen) atoms. The summed E-state index contributed by atoms with van der Waals surface area (Å²) in [7, 11) is 0. The number of carbonyl (C=O) groups excluding carboxylic acids is 1. The fourth-order valence-corrected chi connectivity index (χ4v) is 3.05. The summed E-state index contributed by atoms with van der Waals surface area (Å²) in [5, 5.41) is 6.40. The van der Waals surface area contributed by atoms with Gasteiger partial charge in [0.25, 0.3) is 0 Å². The zero-order chi connectivity index (χ0) is 18.7. The lowest BCUT2D eigenvalue weighted by Gasteiger charge is -2.13. The Morgan fingerprint density at radius 2 is 1.77 bits per heavy atom. The maximum Gasteiger partial charge on any atom is 0.244 e. The molecule has 0 unspecified atom stereocenters. The van der Waals surface area contributed by atoms with Crippen LogP contribution in [0.3, 0.4) is 0 Å². The van der Waals surface area contributed by atoms with Crippen molar-refractivity contribution < 1.29 is 4.79 Å². The summed E-state index contributed by atoms with van der Waals surface area (Å²) in [5.74, 6) is 0.00173. The van der Waals surface area contributed by atoms with Gasteiger partial charge in [0.2, 0.25) is 5.91 Å². The second kappa shape index (κ2) is 7.77. The third-order valence-electron chi connectivity index (χ3n) is 4.60. The van der Waals surface area contributed by atoms with E-state index in [1.807, 2.05) is 6.08 Å². The van der Waals surface area contributed by atoms with Gasteiger partial charge < -0.3 is 10.6 Å². The Bertz CT molecular complexity index is 815. The third kappa shape index (κ3) is 4.75. The average Bonchev–Trinajstić information content (AvgIpc) is 3.39. The maximum atomic E-state index is 11.9. The highest BCUT2D eigenvalue weighted by molar-refractivity contribution is 5.92. The van der Waals surface area contributed by atoms with Gasteiger partial charge in [-0.05, 0) is 86.6 Å². The second-order valence-electron chi connectivity index (χ2n) is 7.52. The van der Waals surface area contributed by atoms with Gasteiger partial charge in [0, 0.05) is 23.8 Å². The summed E-state index contributed by atoms with van der Waals surface area (Å²) >= 11 is 0. The molecule has 1 amide bonds. The van der Waals surface area contributed by atoms with Crippen LogP contribution in [0.1, 0.15) is 43.4 Å². The first-order chi connectivity index (χ1) is 12.4. The van der Waals surface area contributed by atoms with E-state index in [1.54, 1.807) is 6.08 Å². The number of anilines is 1. The topological polar surface area (TPSA) is 41.1 Å². The fourth-order valence-electron chi connectivity index (χ4n) is 3.05. The van der Waals surface area contributed by atoms with E-state index in [4.69, 9.17) is 0 Å². The van der Waals surface area contributed by atoms with E-state index in [1.165, 1.54) is 22.3 Å². The molecule has 0 saturated heterocycles. The van der Waals surface area contributed by atoms with Crippen LogP contribution < -0.4 is 10.6 Å². The van der Waals surface area contributed by atoms with Gasteiger partial charge in [0.1, 0.15) is 0 Å². The van der Waals surface area contributed by atoms with Crippen LogP contribution in [0.5, 0.6) is 0 Å². The molecule has 3 rings (SSSR count). The van der Waals surface area contributed by atoms with Crippen molar-refractivity contribution in [2.45, 2.75) is 52.6 Å². The molecule has 3 nitrogen and oxygen atoms in total. The number of rotatable bonds is 6. The van der Waals surface area contributed by atoms with E-state index >= 15 is 0 Å². The summed E-state index contributed by atoms with van der Waals surface area (Å²) in [5.41, 5.74) is 7.06. The minimum atomic E-state index is 0.00173. The quantitative estimate of drug-likeness (QED) is 0.715. The van der Waals surface area contributed by atoms with Crippen LogP contribution in [0.25, 0.3) is 17.2 Å². The van der Waals surface area contributed by atoms with Gasteiger partial charge in [-0.1, -0.05) is 24.3 Å². The first kappa shape index (κ1) is 18.2. The highest BCUT2D eigenvalue weighted by Gasteiger charge is 2.22. The van der Waals surface area contributed by atoms with Gasteiger partial charge in [0.15, 0.2) is 0 Å². The summed E-state index contributed by atoms with van der Waals surface area (Å²) in [6, 6.07) is 13.7. The number of hydrogen-bond donors (Lipinski definition) is 2. The Labute approximate surface area is 156 Å². The molecule has 136 valence electrons. The molecule has 0 radical (unpaired) electrons. The van der Waals surface area contributed by atoms with Crippen molar-refractivity contribution in [3.8, 4) is 11.1 Å². The largest absolute Gasteiger partial charge is 0.383 e.